The van der Waals surface area contributed by atoms with E-state index in [-0.39, 0.29) is 17.0 Å². The Kier molecular flexibility index (Phi) is 6.45. The predicted octanol–water partition coefficient (Wildman–Crippen LogP) is 8.65. The zero-order valence-electron chi connectivity index (χ0n) is 17.6. The van der Waals surface area contributed by atoms with Crippen molar-refractivity contribution in [3.8, 4) is 22.3 Å². The van der Waals surface area contributed by atoms with Gasteiger partial charge in [-0.2, -0.15) is 0 Å². The van der Waals surface area contributed by atoms with Gasteiger partial charge < -0.3 is 0 Å². The van der Waals surface area contributed by atoms with Gasteiger partial charge in [-0.05, 0) is 54.2 Å². The van der Waals surface area contributed by atoms with Gasteiger partial charge in [0.2, 0.25) is 0 Å². The molecule has 0 nitrogen and oxygen atoms in total. The maximum atomic E-state index is 15.0. The second kappa shape index (κ2) is 9.25. The number of rotatable bonds is 5. The van der Waals surface area contributed by atoms with Crippen LogP contribution in [-0.4, -0.2) is 0 Å². The summed E-state index contributed by atoms with van der Waals surface area (Å²) in [7, 11) is 0. The number of benzene rings is 3. The van der Waals surface area contributed by atoms with E-state index in [0.29, 0.717) is 24.3 Å². The molecule has 0 spiro atoms. The summed E-state index contributed by atoms with van der Waals surface area (Å²) in [4.78, 5) is 0. The van der Waals surface area contributed by atoms with Gasteiger partial charge in [-0.25, -0.2) is 17.6 Å². The molecule has 162 valence electrons. The molecule has 0 saturated heterocycles. The number of halogens is 4. The smallest absolute Gasteiger partial charge is 0.198 e. The Balaban J connectivity index is 1.75. The van der Waals surface area contributed by atoms with Crippen molar-refractivity contribution >= 4 is 0 Å². The first-order valence-electron chi connectivity index (χ1n) is 11.0. The topological polar surface area (TPSA) is 0 Å². The van der Waals surface area contributed by atoms with Crippen molar-refractivity contribution in [3.05, 3.63) is 83.4 Å². The van der Waals surface area contributed by atoms with Gasteiger partial charge in [-0.3, -0.25) is 0 Å². The molecule has 0 unspecified atom stereocenters. The van der Waals surface area contributed by atoms with Crippen LogP contribution >= 0.6 is 0 Å². The summed E-state index contributed by atoms with van der Waals surface area (Å²) in [5.74, 6) is -5.78. The molecule has 3 aromatic rings. The molecular formula is C27H26F4. The van der Waals surface area contributed by atoms with E-state index in [1.807, 2.05) is 30.3 Å². The Hall–Kier alpha value is -2.62. The summed E-state index contributed by atoms with van der Waals surface area (Å²) in [6.07, 6.45) is 5.29. The lowest BCUT2D eigenvalue weighted by atomic mass is 9.75. The molecule has 0 atom stereocenters. The zero-order valence-corrected chi connectivity index (χ0v) is 17.6. The minimum absolute atomic E-state index is 0.0150. The molecule has 0 radical (unpaired) electrons. The fourth-order valence-electron chi connectivity index (χ4n) is 4.92. The number of hydrogen-bond donors (Lipinski definition) is 0. The SMILES string of the molecule is CCCC1CCC(c2c(F)c(F)c(F)c(F)c2-c2ccc(-c3ccccc3)cc2)CC1. The average molecular weight is 426 g/mol. The van der Waals surface area contributed by atoms with Crippen molar-refractivity contribution in [3.63, 3.8) is 0 Å². The molecule has 0 aliphatic heterocycles. The Labute approximate surface area is 180 Å². The minimum atomic E-state index is -1.75. The van der Waals surface area contributed by atoms with E-state index in [0.717, 1.165) is 36.8 Å². The molecule has 0 amide bonds. The van der Waals surface area contributed by atoms with E-state index in [1.54, 1.807) is 24.3 Å². The summed E-state index contributed by atoms with van der Waals surface area (Å²) < 4.78 is 58.4. The molecule has 0 heterocycles. The summed E-state index contributed by atoms with van der Waals surface area (Å²) in [6.45, 7) is 2.13. The monoisotopic (exact) mass is 426 g/mol. The molecule has 4 heteroatoms. The third kappa shape index (κ3) is 4.26. The molecule has 0 bridgehead atoms. The van der Waals surface area contributed by atoms with E-state index in [2.05, 4.69) is 6.92 Å². The van der Waals surface area contributed by atoms with Crippen LogP contribution in [0.25, 0.3) is 22.3 Å². The van der Waals surface area contributed by atoms with Crippen molar-refractivity contribution in [1.29, 1.82) is 0 Å². The van der Waals surface area contributed by atoms with Crippen molar-refractivity contribution in [1.82, 2.24) is 0 Å². The Morgan fingerprint density at radius 1 is 0.645 bits per heavy atom. The first-order valence-corrected chi connectivity index (χ1v) is 11.0. The van der Waals surface area contributed by atoms with E-state index >= 15 is 0 Å². The third-order valence-corrected chi connectivity index (χ3v) is 6.54. The number of hydrogen-bond acceptors (Lipinski definition) is 0. The Bertz CT molecular complexity index is 1030. The summed E-state index contributed by atoms with van der Waals surface area (Å²) in [5, 5.41) is 0. The highest BCUT2D eigenvalue weighted by atomic mass is 19.2. The fraction of sp³-hybridized carbons (Fsp3) is 0.333. The molecule has 0 N–H and O–H groups in total. The zero-order chi connectivity index (χ0) is 22.0. The third-order valence-electron chi connectivity index (χ3n) is 6.54. The largest absolute Gasteiger partial charge is 0.203 e. The van der Waals surface area contributed by atoms with Gasteiger partial charge in [0.05, 0.1) is 0 Å². The molecule has 31 heavy (non-hydrogen) atoms. The fourth-order valence-corrected chi connectivity index (χ4v) is 4.92. The quantitative estimate of drug-likeness (QED) is 0.217. The lowest BCUT2D eigenvalue weighted by molar-refractivity contribution is 0.300. The van der Waals surface area contributed by atoms with Crippen LogP contribution in [0.2, 0.25) is 0 Å². The van der Waals surface area contributed by atoms with Crippen LogP contribution in [0, 0.1) is 29.2 Å². The Morgan fingerprint density at radius 2 is 1.19 bits per heavy atom. The van der Waals surface area contributed by atoms with Crippen molar-refractivity contribution in [2.45, 2.75) is 51.4 Å². The van der Waals surface area contributed by atoms with E-state index in [4.69, 9.17) is 0 Å². The van der Waals surface area contributed by atoms with Crippen molar-refractivity contribution in [2.24, 2.45) is 5.92 Å². The maximum Gasteiger partial charge on any atom is 0.198 e. The van der Waals surface area contributed by atoms with Crippen LogP contribution in [0.15, 0.2) is 54.6 Å². The highest BCUT2D eigenvalue weighted by Crippen LogP contribution is 2.44. The highest BCUT2D eigenvalue weighted by molar-refractivity contribution is 5.73. The Morgan fingerprint density at radius 3 is 1.81 bits per heavy atom. The van der Waals surface area contributed by atoms with Gasteiger partial charge in [0.25, 0.3) is 0 Å². The maximum absolute atomic E-state index is 15.0. The van der Waals surface area contributed by atoms with Crippen LogP contribution in [0.1, 0.15) is 56.9 Å². The van der Waals surface area contributed by atoms with Gasteiger partial charge in [0.1, 0.15) is 0 Å². The molecule has 1 aliphatic carbocycles. The summed E-state index contributed by atoms with van der Waals surface area (Å²) >= 11 is 0. The minimum Gasteiger partial charge on any atom is -0.203 e. The van der Waals surface area contributed by atoms with E-state index in [1.165, 1.54) is 0 Å². The molecule has 4 rings (SSSR count). The van der Waals surface area contributed by atoms with Gasteiger partial charge in [-0.15, -0.1) is 0 Å². The van der Waals surface area contributed by atoms with Crippen molar-refractivity contribution in [2.75, 3.05) is 0 Å². The second-order valence-corrected chi connectivity index (χ2v) is 8.49. The van der Waals surface area contributed by atoms with Crippen LogP contribution in [0.5, 0.6) is 0 Å². The highest BCUT2D eigenvalue weighted by Gasteiger charge is 2.32. The molecule has 0 aromatic heterocycles. The first kappa shape index (κ1) is 21.6. The molecule has 1 saturated carbocycles. The van der Waals surface area contributed by atoms with Crippen LogP contribution in [-0.2, 0) is 0 Å². The van der Waals surface area contributed by atoms with Gasteiger partial charge in [0.15, 0.2) is 23.3 Å². The van der Waals surface area contributed by atoms with Crippen molar-refractivity contribution < 1.29 is 17.6 Å². The van der Waals surface area contributed by atoms with Crippen LogP contribution in [0.4, 0.5) is 17.6 Å². The molecule has 1 fully saturated rings. The predicted molar refractivity (Wildman–Crippen MR) is 117 cm³/mol. The molecular weight excluding hydrogens is 400 g/mol. The first-order chi connectivity index (χ1) is 15.0. The summed E-state index contributed by atoms with van der Waals surface area (Å²) in [6, 6.07) is 16.6. The van der Waals surface area contributed by atoms with Gasteiger partial charge in [0, 0.05) is 11.1 Å². The average Bonchev–Trinajstić information content (AvgIpc) is 2.81. The van der Waals surface area contributed by atoms with Crippen LogP contribution < -0.4 is 0 Å². The van der Waals surface area contributed by atoms with E-state index in [9.17, 15) is 17.6 Å². The standard InChI is InChI=1S/C27H26F4/c1-2-6-17-9-11-20(12-10-17)22-23(25(29)27(31)26(30)24(22)28)21-15-13-19(14-16-21)18-7-4-3-5-8-18/h3-5,7-8,13-17,20H,2,6,9-12H2,1H3. The van der Waals surface area contributed by atoms with E-state index < -0.39 is 23.3 Å². The second-order valence-electron chi connectivity index (χ2n) is 8.49. The lowest BCUT2D eigenvalue weighted by Gasteiger charge is -2.30. The lowest BCUT2D eigenvalue weighted by Crippen LogP contribution is -2.17. The van der Waals surface area contributed by atoms with Gasteiger partial charge >= 0.3 is 0 Å². The van der Waals surface area contributed by atoms with Gasteiger partial charge in [-0.1, -0.05) is 74.4 Å². The summed E-state index contributed by atoms with van der Waals surface area (Å²) in [5.41, 5.74) is 2.10. The van der Waals surface area contributed by atoms with Crippen LogP contribution in [0.3, 0.4) is 0 Å². The normalized spacial score (nSPS) is 18.9. The molecule has 3 aromatic carbocycles. The molecule has 1 aliphatic rings.